The summed E-state index contributed by atoms with van der Waals surface area (Å²) >= 11 is 1.26. The third-order valence-corrected chi connectivity index (χ3v) is 7.18. The zero-order valence-electron chi connectivity index (χ0n) is 17.0. The summed E-state index contributed by atoms with van der Waals surface area (Å²) in [7, 11) is 0. The maximum atomic E-state index is 13.4. The highest BCUT2D eigenvalue weighted by Crippen LogP contribution is 2.50. The lowest BCUT2D eigenvalue weighted by Crippen LogP contribution is -2.53. The summed E-state index contributed by atoms with van der Waals surface area (Å²) in [6, 6.07) is 9.02. The molecule has 9 heteroatoms. The Morgan fingerprint density at radius 2 is 1.74 bits per heavy atom. The van der Waals surface area contributed by atoms with Gasteiger partial charge in [-0.1, -0.05) is 53.8 Å². The molecule has 5 atom stereocenters. The van der Waals surface area contributed by atoms with E-state index in [2.05, 4.69) is 33.0 Å². The fraction of sp³-hybridized carbons (Fsp3) is 0.409. The summed E-state index contributed by atoms with van der Waals surface area (Å²) in [5, 5.41) is 14.4. The second-order valence-corrected chi connectivity index (χ2v) is 9.50. The Bertz CT molecular complexity index is 1020. The molecule has 4 aliphatic rings. The van der Waals surface area contributed by atoms with Crippen molar-refractivity contribution >= 4 is 34.3 Å². The smallest absolute Gasteiger partial charge is 0.317 e. The minimum Gasteiger partial charge on any atom is -0.317 e. The number of nitrogens with one attached hydrogen (secondary N) is 2. The van der Waals surface area contributed by atoms with E-state index in [4.69, 9.17) is 0 Å². The van der Waals surface area contributed by atoms with Gasteiger partial charge in [-0.05, 0) is 37.2 Å². The molecular formula is C22H23N5O3S. The van der Waals surface area contributed by atoms with Crippen LogP contribution in [0, 0.1) is 30.6 Å². The molecule has 4 amide bonds. The summed E-state index contributed by atoms with van der Waals surface area (Å²) in [4.78, 5) is 40.8. The molecule has 3 aliphatic carbocycles. The predicted molar refractivity (Wildman–Crippen MR) is 115 cm³/mol. The molecule has 0 radical (unpaired) electrons. The number of aryl methyl sites for hydroxylation is 1. The van der Waals surface area contributed by atoms with Crippen LogP contribution in [0.2, 0.25) is 0 Å². The highest BCUT2D eigenvalue weighted by Gasteiger charge is 2.58. The molecule has 1 saturated carbocycles. The van der Waals surface area contributed by atoms with Crippen LogP contribution in [0.4, 0.5) is 9.93 Å². The molecule has 2 heterocycles. The Morgan fingerprint density at radius 3 is 2.29 bits per heavy atom. The number of anilines is 1. The van der Waals surface area contributed by atoms with E-state index >= 15 is 0 Å². The average Bonchev–Trinajstić information content (AvgIpc) is 3.30. The number of urea groups is 1. The molecule has 0 spiro atoms. The zero-order chi connectivity index (χ0) is 21.5. The van der Waals surface area contributed by atoms with Gasteiger partial charge >= 0.3 is 6.03 Å². The van der Waals surface area contributed by atoms with Gasteiger partial charge in [-0.2, -0.15) is 0 Å². The second kappa shape index (κ2) is 7.88. The van der Waals surface area contributed by atoms with Crippen molar-refractivity contribution in [2.75, 3.05) is 5.32 Å². The number of amides is 4. The first kappa shape index (κ1) is 19.9. The number of fused-ring (bicyclic) bond motifs is 1. The number of aromatic nitrogens is 2. The standard InChI is InChI=1S/C22H23N5O3S/c1-12-25-26-22(31-12)24-21(30)23-16(11-13-5-3-2-4-6-13)27-19(28)17-14-7-8-15(10-9-14)18(17)20(27)29/h2-8,14-18H,9-11H2,1H3,(H2,23,24,26,30)/t14-,15-,16-,17-,18+/m0/s1. The van der Waals surface area contributed by atoms with Crippen LogP contribution >= 0.6 is 11.3 Å². The monoisotopic (exact) mass is 437 g/mol. The van der Waals surface area contributed by atoms with Crippen LogP contribution in [0.3, 0.4) is 0 Å². The number of imide groups is 1. The van der Waals surface area contributed by atoms with Gasteiger partial charge in [0.05, 0.1) is 11.8 Å². The highest BCUT2D eigenvalue weighted by molar-refractivity contribution is 7.15. The molecule has 1 saturated heterocycles. The van der Waals surface area contributed by atoms with Gasteiger partial charge in [0.2, 0.25) is 16.9 Å². The van der Waals surface area contributed by atoms with Crippen molar-refractivity contribution in [3.8, 4) is 0 Å². The van der Waals surface area contributed by atoms with E-state index < -0.39 is 12.2 Å². The van der Waals surface area contributed by atoms with E-state index in [1.54, 1.807) is 6.92 Å². The first-order valence-corrected chi connectivity index (χ1v) is 11.3. The number of allylic oxidation sites excluding steroid dienone is 2. The van der Waals surface area contributed by atoms with Crippen LogP contribution in [0.15, 0.2) is 42.5 Å². The lowest BCUT2D eigenvalue weighted by molar-refractivity contribution is -0.143. The van der Waals surface area contributed by atoms with Gasteiger partial charge in [-0.25, -0.2) is 4.79 Å². The van der Waals surface area contributed by atoms with Crippen molar-refractivity contribution in [1.29, 1.82) is 0 Å². The van der Waals surface area contributed by atoms with Crippen molar-refractivity contribution in [2.24, 2.45) is 23.7 Å². The number of nitrogens with zero attached hydrogens (tertiary/aromatic N) is 3. The van der Waals surface area contributed by atoms with Gasteiger partial charge in [-0.3, -0.25) is 19.8 Å². The Kier molecular flexibility index (Phi) is 5.05. The van der Waals surface area contributed by atoms with Crippen LogP contribution in [0.5, 0.6) is 0 Å². The van der Waals surface area contributed by atoms with Crippen LogP contribution in [-0.4, -0.2) is 39.1 Å². The number of hydrogen-bond acceptors (Lipinski definition) is 6. The number of hydrogen-bond donors (Lipinski definition) is 2. The first-order valence-electron chi connectivity index (χ1n) is 10.5. The van der Waals surface area contributed by atoms with Crippen molar-refractivity contribution in [3.63, 3.8) is 0 Å². The molecule has 1 aromatic heterocycles. The van der Waals surface area contributed by atoms with Gasteiger partial charge in [0.1, 0.15) is 11.2 Å². The zero-order valence-corrected chi connectivity index (χ0v) is 17.8. The number of carbonyl (C=O) groups is 3. The largest absolute Gasteiger partial charge is 0.322 e. The fourth-order valence-electron chi connectivity index (χ4n) is 5.08. The van der Waals surface area contributed by atoms with Crippen molar-refractivity contribution in [2.45, 2.75) is 32.4 Å². The fourth-order valence-corrected chi connectivity index (χ4v) is 5.67. The minimum absolute atomic E-state index is 0.104. The molecule has 6 rings (SSSR count). The van der Waals surface area contributed by atoms with E-state index in [0.29, 0.717) is 11.6 Å². The molecule has 2 aromatic rings. The minimum atomic E-state index is -0.776. The Labute approximate surface area is 183 Å². The maximum absolute atomic E-state index is 13.4. The number of benzene rings is 1. The van der Waals surface area contributed by atoms with Gasteiger partial charge in [0.15, 0.2) is 0 Å². The molecule has 2 bridgehead atoms. The van der Waals surface area contributed by atoms with E-state index in [1.807, 2.05) is 30.3 Å². The summed E-state index contributed by atoms with van der Waals surface area (Å²) in [5.41, 5.74) is 0.927. The van der Waals surface area contributed by atoms with Crippen molar-refractivity contribution in [3.05, 3.63) is 53.1 Å². The van der Waals surface area contributed by atoms with Gasteiger partial charge in [0.25, 0.3) is 0 Å². The Hall–Kier alpha value is -3.07. The maximum Gasteiger partial charge on any atom is 0.322 e. The van der Waals surface area contributed by atoms with E-state index in [9.17, 15) is 14.4 Å². The number of rotatable bonds is 5. The third kappa shape index (κ3) is 3.63. The SMILES string of the molecule is Cc1nnc(NC(=O)N[C@H](Cc2ccccc2)N2C(=O)[C@@H]3[C@H](C2=O)[C@H]2C=C[C@H]3CC2)s1. The molecule has 0 unspecified atom stereocenters. The third-order valence-electron chi connectivity index (χ3n) is 6.42. The van der Waals surface area contributed by atoms with Gasteiger partial charge in [-0.15, -0.1) is 10.2 Å². The normalized spacial score (nSPS) is 27.3. The van der Waals surface area contributed by atoms with E-state index in [0.717, 1.165) is 23.4 Å². The Morgan fingerprint density at radius 1 is 1.10 bits per heavy atom. The molecular weight excluding hydrogens is 414 g/mol. The highest BCUT2D eigenvalue weighted by atomic mass is 32.1. The number of likely N-dealkylation sites (tertiary alicyclic amines) is 1. The molecule has 1 aromatic carbocycles. The van der Waals surface area contributed by atoms with Crippen LogP contribution in [-0.2, 0) is 16.0 Å². The molecule has 8 nitrogen and oxygen atoms in total. The van der Waals surface area contributed by atoms with Crippen LogP contribution in [0.25, 0.3) is 0 Å². The second-order valence-electron chi connectivity index (χ2n) is 8.32. The molecule has 1 aliphatic heterocycles. The van der Waals surface area contributed by atoms with Crippen molar-refractivity contribution in [1.82, 2.24) is 20.4 Å². The van der Waals surface area contributed by atoms with Gasteiger partial charge in [0, 0.05) is 6.42 Å². The topological polar surface area (TPSA) is 104 Å². The Balaban J connectivity index is 1.40. The lowest BCUT2D eigenvalue weighted by atomic mass is 9.63. The summed E-state index contributed by atoms with van der Waals surface area (Å²) in [6.45, 7) is 1.80. The van der Waals surface area contributed by atoms with Crippen LogP contribution < -0.4 is 10.6 Å². The summed E-state index contributed by atoms with van der Waals surface area (Å²) in [5.74, 6) is -0.779. The quantitative estimate of drug-likeness (QED) is 0.553. The van der Waals surface area contributed by atoms with Crippen LogP contribution in [0.1, 0.15) is 23.4 Å². The van der Waals surface area contributed by atoms with E-state index in [1.165, 1.54) is 16.2 Å². The summed E-state index contributed by atoms with van der Waals surface area (Å²) in [6.07, 6.45) is 5.61. The molecule has 2 fully saturated rings. The molecule has 160 valence electrons. The molecule has 31 heavy (non-hydrogen) atoms. The van der Waals surface area contributed by atoms with E-state index in [-0.39, 0.29) is 35.5 Å². The molecule has 2 N–H and O–H groups in total. The average molecular weight is 438 g/mol. The summed E-state index contributed by atoms with van der Waals surface area (Å²) < 4.78 is 0. The predicted octanol–water partition coefficient (Wildman–Crippen LogP) is 2.73. The van der Waals surface area contributed by atoms with Crippen molar-refractivity contribution < 1.29 is 14.4 Å². The van der Waals surface area contributed by atoms with Gasteiger partial charge < -0.3 is 5.32 Å². The first-order chi connectivity index (χ1) is 15.0. The number of carbonyl (C=O) groups excluding carboxylic acids is 3. The lowest BCUT2D eigenvalue weighted by Gasteiger charge is -2.38.